The van der Waals surface area contributed by atoms with Gasteiger partial charge in [0.05, 0.1) is 0 Å². The molecule has 0 amide bonds. The summed E-state index contributed by atoms with van der Waals surface area (Å²) in [5.41, 5.74) is 0. The molecule has 2 radical (unpaired) electrons. The third kappa shape index (κ3) is 21300. The Labute approximate surface area is 83.3 Å². The van der Waals surface area contributed by atoms with Gasteiger partial charge >= 0.3 is 34.1 Å². The van der Waals surface area contributed by atoms with Crippen molar-refractivity contribution in [2.24, 2.45) is 0 Å². The summed E-state index contributed by atoms with van der Waals surface area (Å²) < 4.78 is 34.1. The molecule has 0 saturated carbocycles. The Morgan fingerprint density at radius 1 is 1.00 bits per heavy atom. The number of hydrogen-bond acceptors (Lipinski definition) is 7. The minimum atomic E-state index is -5.17. The van der Waals surface area contributed by atoms with Gasteiger partial charge in [-0.2, -0.15) is 0 Å². The van der Waals surface area contributed by atoms with Crippen LogP contribution in [0.2, 0.25) is 0 Å². The van der Waals surface area contributed by atoms with Gasteiger partial charge in [-0.1, -0.05) is 0 Å². The smallest absolute Gasteiger partial charge is 0.759 e. The molecule has 0 rings (SSSR count). The largest absolute Gasteiger partial charge is 2.00 e. The van der Waals surface area contributed by atoms with Gasteiger partial charge in [-0.3, -0.25) is 8.42 Å². The molecule has 11 heavy (non-hydrogen) atoms. The second-order valence-corrected chi connectivity index (χ2v) is 1.47. The number of carbonyl (C=O) groups excluding carboxylic acids is 1. The molecule has 0 aromatic heterocycles. The minimum Gasteiger partial charge on any atom is -0.759 e. The zero-order valence-corrected chi connectivity index (χ0v) is 7.70. The van der Waals surface area contributed by atoms with Crippen LogP contribution in [-0.2, 0) is 44.5 Å². The fourth-order valence-corrected chi connectivity index (χ4v) is 0. The zero-order chi connectivity index (χ0) is 8.08. The van der Waals surface area contributed by atoms with Crippen molar-refractivity contribution in [3.63, 3.8) is 0 Å². The van der Waals surface area contributed by atoms with Gasteiger partial charge in [-0.15, -0.1) is 0 Å². The van der Waals surface area contributed by atoms with Crippen molar-refractivity contribution in [1.82, 2.24) is 0 Å². The van der Waals surface area contributed by atoms with Crippen LogP contribution in [-0.4, -0.2) is 23.7 Å². The Balaban J connectivity index is -0.0000000383. The van der Waals surface area contributed by atoms with Crippen LogP contribution in [0.1, 0.15) is 0 Å². The predicted octanol–water partition coefficient (Wildman–Crippen LogP) is -3.79. The summed E-state index contributed by atoms with van der Waals surface area (Å²) in [5.74, 6) is 0. The SMILES string of the molecule is O=C([O-])[O-].O=S(=O)([O-])[O-].[Mn+2].[Mn+2]. The summed E-state index contributed by atoms with van der Waals surface area (Å²) in [6.07, 6.45) is -2.33. The van der Waals surface area contributed by atoms with E-state index < -0.39 is 16.6 Å². The van der Waals surface area contributed by atoms with Crippen LogP contribution in [0, 0.1) is 0 Å². The molecule has 0 bridgehead atoms. The van der Waals surface area contributed by atoms with Gasteiger partial charge in [0.1, 0.15) is 0 Å². The van der Waals surface area contributed by atoms with E-state index in [9.17, 15) is 0 Å². The number of hydrogen-bond donors (Lipinski definition) is 0. The normalized spacial score (nSPS) is 7.45. The van der Waals surface area contributed by atoms with Gasteiger partial charge in [0.15, 0.2) is 0 Å². The summed E-state index contributed by atoms with van der Waals surface area (Å²) in [6.45, 7) is 0. The first-order valence-corrected chi connectivity index (χ1v) is 2.61. The van der Waals surface area contributed by atoms with Crippen molar-refractivity contribution < 1.29 is 66.7 Å². The molecule has 0 aliphatic heterocycles. The van der Waals surface area contributed by atoms with E-state index in [-0.39, 0.29) is 34.1 Å². The maximum atomic E-state index is 8.52. The quantitative estimate of drug-likeness (QED) is 0.248. The van der Waals surface area contributed by atoms with Crippen LogP contribution in [0.4, 0.5) is 4.79 Å². The van der Waals surface area contributed by atoms with Crippen molar-refractivity contribution in [1.29, 1.82) is 0 Å². The fourth-order valence-electron chi connectivity index (χ4n) is 0. The van der Waals surface area contributed by atoms with Crippen LogP contribution >= 0.6 is 0 Å². The van der Waals surface area contributed by atoms with Crippen LogP contribution in [0.15, 0.2) is 0 Å². The summed E-state index contributed by atoms with van der Waals surface area (Å²) in [7, 11) is -5.17. The van der Waals surface area contributed by atoms with E-state index in [0.717, 1.165) is 0 Å². The van der Waals surface area contributed by atoms with E-state index in [1.165, 1.54) is 0 Å². The average Bonchev–Trinajstić information content (AvgIpc) is 1.19. The number of carbonyl (C=O) groups is 1. The first-order chi connectivity index (χ1) is 3.73. The predicted molar refractivity (Wildman–Crippen MR) is 15.9 cm³/mol. The minimum absolute atomic E-state index is 0. The first kappa shape index (κ1) is 22.5. The Bertz CT molecular complexity index is 159. The summed E-state index contributed by atoms with van der Waals surface area (Å²) in [5, 5.41) is 16.7. The van der Waals surface area contributed by atoms with Crippen LogP contribution < -0.4 is 10.2 Å². The molecule has 0 atom stereocenters. The van der Waals surface area contributed by atoms with E-state index in [1.54, 1.807) is 0 Å². The standard InChI is InChI=1S/CH2O3.2Mn.H2O4S/c2-1(3)4;;;1-5(2,3)4/h(H2,2,3,4);;;(H2,1,2,3,4)/q;2*+2;/p-4. The van der Waals surface area contributed by atoms with E-state index in [0.29, 0.717) is 0 Å². The second kappa shape index (κ2) is 10.2. The third-order valence-corrected chi connectivity index (χ3v) is 0. The molecule has 0 saturated heterocycles. The van der Waals surface area contributed by atoms with Gasteiger partial charge < -0.3 is 24.1 Å². The van der Waals surface area contributed by atoms with E-state index in [1.807, 2.05) is 0 Å². The molecule has 0 unspecified atom stereocenters. The summed E-state index contributed by atoms with van der Waals surface area (Å²) in [4.78, 5) is 8.33. The molecule has 0 aliphatic carbocycles. The molecule has 0 spiro atoms. The van der Waals surface area contributed by atoms with Crippen LogP contribution in [0.5, 0.6) is 0 Å². The van der Waals surface area contributed by atoms with Crippen molar-refractivity contribution in [3.8, 4) is 0 Å². The Kier molecular flexibility index (Phi) is 20.8. The van der Waals surface area contributed by atoms with Crippen molar-refractivity contribution in [2.45, 2.75) is 0 Å². The average molecular weight is 266 g/mol. The van der Waals surface area contributed by atoms with Crippen LogP contribution in [0.25, 0.3) is 0 Å². The molecule has 7 nitrogen and oxygen atoms in total. The van der Waals surface area contributed by atoms with E-state index in [4.69, 9.17) is 32.5 Å². The van der Waals surface area contributed by atoms with Gasteiger partial charge in [-0.25, -0.2) is 0 Å². The van der Waals surface area contributed by atoms with Crippen LogP contribution in [0.3, 0.4) is 0 Å². The molecule has 0 heterocycles. The molecule has 10 heteroatoms. The Hall–Kier alpha value is 0.179. The maximum absolute atomic E-state index is 8.52. The molecule has 0 N–H and O–H groups in total. The molecular weight excluding hydrogens is 266 g/mol. The molecule has 0 aromatic rings. The second-order valence-electron chi connectivity index (χ2n) is 0.658. The van der Waals surface area contributed by atoms with Gasteiger partial charge in [-0.05, 0) is 6.16 Å². The topological polar surface area (TPSA) is 143 Å². The third-order valence-electron chi connectivity index (χ3n) is 0. The molecular formula is CMn2O7S. The first-order valence-electron chi connectivity index (χ1n) is 1.28. The zero-order valence-electron chi connectivity index (χ0n) is 4.52. The molecule has 0 fully saturated rings. The van der Waals surface area contributed by atoms with Crippen molar-refractivity contribution >= 4 is 16.6 Å². The monoisotopic (exact) mass is 266 g/mol. The van der Waals surface area contributed by atoms with Crippen molar-refractivity contribution in [2.75, 3.05) is 0 Å². The maximum Gasteiger partial charge on any atom is 2.00 e. The number of rotatable bonds is 0. The Morgan fingerprint density at radius 2 is 1.00 bits per heavy atom. The van der Waals surface area contributed by atoms with Gasteiger partial charge in [0.2, 0.25) is 0 Å². The summed E-state index contributed by atoms with van der Waals surface area (Å²) >= 11 is 0. The summed E-state index contributed by atoms with van der Waals surface area (Å²) in [6, 6.07) is 0. The Morgan fingerprint density at radius 3 is 1.00 bits per heavy atom. The van der Waals surface area contributed by atoms with E-state index >= 15 is 0 Å². The molecule has 0 aromatic carbocycles. The van der Waals surface area contributed by atoms with Crippen molar-refractivity contribution in [3.05, 3.63) is 0 Å². The van der Waals surface area contributed by atoms with Gasteiger partial charge in [0.25, 0.3) is 0 Å². The number of carboxylic acid groups (broad SMARTS) is 2. The van der Waals surface area contributed by atoms with E-state index in [2.05, 4.69) is 0 Å². The van der Waals surface area contributed by atoms with Gasteiger partial charge in [0, 0.05) is 10.4 Å². The fraction of sp³-hybridized carbons (Fsp3) is 0. The molecule has 66 valence electrons. The molecule has 0 aliphatic rings.